The largest absolute Gasteiger partial charge is 0.300 e. The van der Waals surface area contributed by atoms with Crippen molar-refractivity contribution in [2.45, 2.75) is 65.7 Å². The summed E-state index contributed by atoms with van der Waals surface area (Å²) in [5.41, 5.74) is 3.70. The fourth-order valence-corrected chi connectivity index (χ4v) is 8.36. The van der Waals surface area contributed by atoms with Gasteiger partial charge in [0.05, 0.1) is 0 Å². The van der Waals surface area contributed by atoms with E-state index in [1.807, 2.05) is 18.2 Å². The molecule has 3 fully saturated rings. The van der Waals surface area contributed by atoms with E-state index in [0.717, 1.165) is 41.3 Å². The molecule has 0 heterocycles. The number of benzene rings is 1. The number of hydrogen-bond acceptors (Lipinski definition) is 2. The summed E-state index contributed by atoms with van der Waals surface area (Å²) >= 11 is 3.50. The van der Waals surface area contributed by atoms with Crippen molar-refractivity contribution in [3.8, 4) is 0 Å². The van der Waals surface area contributed by atoms with Crippen LogP contribution in [0, 0.1) is 34.5 Å². The van der Waals surface area contributed by atoms with Gasteiger partial charge in [-0.2, -0.15) is 0 Å². The van der Waals surface area contributed by atoms with E-state index in [4.69, 9.17) is 0 Å². The van der Waals surface area contributed by atoms with Crippen LogP contribution >= 0.6 is 15.9 Å². The molecule has 0 aliphatic heterocycles. The third-order valence-corrected chi connectivity index (χ3v) is 10.1. The Hall–Kier alpha value is -1.48. The summed E-state index contributed by atoms with van der Waals surface area (Å²) in [5.74, 6) is 2.82. The lowest BCUT2D eigenvalue weighted by molar-refractivity contribution is -0.128. The molecule has 4 aliphatic rings. The lowest BCUT2D eigenvalue weighted by Crippen LogP contribution is -2.51. The Bertz CT molecular complexity index is 987. The Morgan fingerprint density at radius 2 is 1.81 bits per heavy atom. The van der Waals surface area contributed by atoms with Gasteiger partial charge in [0.25, 0.3) is 0 Å². The molecule has 0 saturated heterocycles. The van der Waals surface area contributed by atoms with Crippen molar-refractivity contribution in [1.82, 2.24) is 0 Å². The molecule has 1 aromatic carbocycles. The van der Waals surface area contributed by atoms with Gasteiger partial charge in [-0.25, -0.2) is 0 Å². The second-order valence-electron chi connectivity index (χ2n) is 11.0. The van der Waals surface area contributed by atoms with Crippen LogP contribution in [0.1, 0.15) is 71.3 Å². The molecule has 2 nitrogen and oxygen atoms in total. The zero-order chi connectivity index (χ0) is 22.0. The maximum atomic E-state index is 13.0. The second kappa shape index (κ2) is 7.54. The van der Waals surface area contributed by atoms with Gasteiger partial charge in [0.1, 0.15) is 5.78 Å². The minimum Gasteiger partial charge on any atom is -0.300 e. The third kappa shape index (κ3) is 3.34. The van der Waals surface area contributed by atoms with Crippen molar-refractivity contribution in [3.63, 3.8) is 0 Å². The summed E-state index contributed by atoms with van der Waals surface area (Å²) in [7, 11) is 0. The van der Waals surface area contributed by atoms with Crippen molar-refractivity contribution in [2.24, 2.45) is 34.5 Å². The molecule has 3 heteroatoms. The second-order valence-corrected chi connectivity index (χ2v) is 12.0. The van der Waals surface area contributed by atoms with Crippen molar-refractivity contribution in [2.75, 3.05) is 0 Å². The van der Waals surface area contributed by atoms with E-state index in [-0.39, 0.29) is 22.5 Å². The van der Waals surface area contributed by atoms with Gasteiger partial charge in [-0.1, -0.05) is 47.5 Å². The van der Waals surface area contributed by atoms with Crippen molar-refractivity contribution in [1.29, 1.82) is 0 Å². The highest BCUT2D eigenvalue weighted by Crippen LogP contribution is 2.67. The molecule has 31 heavy (non-hydrogen) atoms. The van der Waals surface area contributed by atoms with Gasteiger partial charge in [0.15, 0.2) is 5.78 Å². The number of ketones is 2. The first-order chi connectivity index (χ1) is 14.7. The summed E-state index contributed by atoms with van der Waals surface area (Å²) in [6.45, 7) is 6.64. The van der Waals surface area contributed by atoms with Gasteiger partial charge in [-0.05, 0) is 110 Å². The zero-order valence-corrected chi connectivity index (χ0v) is 20.5. The number of rotatable bonds is 2. The molecule has 0 aromatic heterocycles. The highest BCUT2D eigenvalue weighted by atomic mass is 79.9. The van der Waals surface area contributed by atoms with Crippen LogP contribution in [0.25, 0.3) is 6.08 Å². The van der Waals surface area contributed by atoms with Crippen molar-refractivity contribution >= 4 is 33.6 Å². The fraction of sp³-hybridized carbons (Fsp3) is 0.571. The average Bonchev–Trinajstić information content (AvgIpc) is 3.08. The Balaban J connectivity index is 1.47. The molecule has 6 atom stereocenters. The molecule has 0 N–H and O–H groups in total. The van der Waals surface area contributed by atoms with E-state index in [1.165, 1.54) is 24.8 Å². The van der Waals surface area contributed by atoms with Gasteiger partial charge in [-0.15, -0.1) is 0 Å². The summed E-state index contributed by atoms with van der Waals surface area (Å²) in [4.78, 5) is 25.4. The maximum Gasteiger partial charge on any atom is 0.181 e. The number of fused-ring (bicyclic) bond motifs is 5. The highest BCUT2D eigenvalue weighted by molar-refractivity contribution is 9.10. The lowest BCUT2D eigenvalue weighted by Gasteiger charge is -2.58. The van der Waals surface area contributed by atoms with E-state index in [9.17, 15) is 9.59 Å². The van der Waals surface area contributed by atoms with Crippen LogP contribution in [0.5, 0.6) is 0 Å². The van der Waals surface area contributed by atoms with Crippen LogP contribution in [-0.4, -0.2) is 11.6 Å². The highest BCUT2D eigenvalue weighted by Gasteiger charge is 2.59. The standard InChI is InChI=1S/C28H33BrO2/c1-17(30)23-10-11-24-22-9-6-20-15-26(31)19(14-18-4-7-21(29)8-5-18)16-28(20,3)25(22)12-13-27(23,24)2/h4-5,7-8,14-15,22-25H,6,9-13,16H2,1-3H3/t22-,23+,24-,25-,27+,28-/m0/s1. The van der Waals surface area contributed by atoms with E-state index < -0.39 is 0 Å². The molecule has 0 radical (unpaired) electrons. The molecule has 0 spiro atoms. The number of Topliss-reactive ketones (excluding diaryl/α,β-unsaturated/α-hetero) is 1. The van der Waals surface area contributed by atoms with Gasteiger partial charge < -0.3 is 0 Å². The van der Waals surface area contributed by atoms with Gasteiger partial charge in [0.2, 0.25) is 0 Å². The molecule has 3 saturated carbocycles. The Kier molecular flexibility index (Phi) is 5.20. The molecule has 0 bridgehead atoms. The SMILES string of the molecule is CC(=O)[C@H]1CC[C@H]2[C@@H]3CCC4=CC(=O)C(=Cc5ccc(Br)cc5)C[C@]4(C)[C@H]3CC[C@]12C. The number of carbonyl (C=O) groups is 2. The topological polar surface area (TPSA) is 34.1 Å². The summed E-state index contributed by atoms with van der Waals surface area (Å²) in [6, 6.07) is 8.21. The predicted molar refractivity (Wildman–Crippen MR) is 128 cm³/mol. The van der Waals surface area contributed by atoms with Gasteiger partial charge >= 0.3 is 0 Å². The Labute approximate surface area is 194 Å². The third-order valence-electron chi connectivity index (χ3n) is 9.62. The number of allylic oxidation sites excluding steroid dienone is 2. The predicted octanol–water partition coefficient (Wildman–Crippen LogP) is 7.18. The van der Waals surface area contributed by atoms with Crippen LogP contribution < -0.4 is 0 Å². The number of carbonyl (C=O) groups excluding carboxylic acids is 2. The monoisotopic (exact) mass is 480 g/mol. The Morgan fingerprint density at radius 3 is 2.52 bits per heavy atom. The number of halogens is 1. The smallest absolute Gasteiger partial charge is 0.181 e. The fourth-order valence-electron chi connectivity index (χ4n) is 8.09. The molecule has 164 valence electrons. The molecular formula is C28H33BrO2. The van der Waals surface area contributed by atoms with Crippen molar-refractivity contribution in [3.05, 3.63) is 51.5 Å². The normalized spacial score (nSPS) is 40.7. The Morgan fingerprint density at radius 1 is 1.06 bits per heavy atom. The quantitative estimate of drug-likeness (QED) is 0.420. The van der Waals surface area contributed by atoms with Gasteiger partial charge in [0, 0.05) is 16.0 Å². The molecule has 4 aliphatic carbocycles. The summed E-state index contributed by atoms with van der Waals surface area (Å²) in [6.07, 6.45) is 11.8. The lowest BCUT2D eigenvalue weighted by atomic mass is 9.46. The molecular weight excluding hydrogens is 448 g/mol. The van der Waals surface area contributed by atoms with Crippen LogP contribution in [0.2, 0.25) is 0 Å². The van der Waals surface area contributed by atoms with E-state index in [0.29, 0.717) is 23.5 Å². The molecule has 0 amide bonds. The first-order valence-corrected chi connectivity index (χ1v) is 12.7. The van der Waals surface area contributed by atoms with Crippen LogP contribution in [0.3, 0.4) is 0 Å². The first kappa shape index (κ1) is 21.4. The minimum atomic E-state index is 0.0770. The molecule has 5 rings (SSSR count). The summed E-state index contributed by atoms with van der Waals surface area (Å²) < 4.78 is 1.06. The van der Waals surface area contributed by atoms with Crippen LogP contribution in [0.15, 0.2) is 46.0 Å². The van der Waals surface area contributed by atoms with E-state index in [2.05, 4.69) is 48.0 Å². The average molecular weight is 481 g/mol. The van der Waals surface area contributed by atoms with Crippen molar-refractivity contribution < 1.29 is 9.59 Å². The minimum absolute atomic E-state index is 0.0770. The molecule has 1 aromatic rings. The van der Waals surface area contributed by atoms with E-state index >= 15 is 0 Å². The van der Waals surface area contributed by atoms with E-state index in [1.54, 1.807) is 6.92 Å². The zero-order valence-electron chi connectivity index (χ0n) is 18.9. The van der Waals surface area contributed by atoms with Crippen LogP contribution in [0.4, 0.5) is 0 Å². The van der Waals surface area contributed by atoms with Gasteiger partial charge in [-0.3, -0.25) is 9.59 Å². The molecule has 0 unspecified atom stereocenters. The maximum absolute atomic E-state index is 13.0. The van der Waals surface area contributed by atoms with Crippen LogP contribution in [-0.2, 0) is 9.59 Å². The summed E-state index contributed by atoms with van der Waals surface area (Å²) in [5, 5.41) is 0. The first-order valence-electron chi connectivity index (χ1n) is 11.9. The number of hydrogen-bond donors (Lipinski definition) is 0.